The molecule has 1 heterocycles. The molecule has 24 heavy (non-hydrogen) atoms. The molecule has 0 spiro atoms. The lowest BCUT2D eigenvalue weighted by molar-refractivity contribution is 0.0943. The van der Waals surface area contributed by atoms with Crippen LogP contribution in [0.5, 0.6) is 0 Å². The van der Waals surface area contributed by atoms with E-state index in [1.54, 1.807) is 20.1 Å². The van der Waals surface area contributed by atoms with Crippen molar-refractivity contribution >= 4 is 17.4 Å². The Morgan fingerprint density at radius 3 is 2.71 bits per heavy atom. The minimum atomic E-state index is -0.208. The Bertz CT molecular complexity index is 716. The van der Waals surface area contributed by atoms with Gasteiger partial charge in [0.15, 0.2) is 0 Å². The van der Waals surface area contributed by atoms with E-state index in [-0.39, 0.29) is 5.91 Å². The summed E-state index contributed by atoms with van der Waals surface area (Å²) in [7, 11) is 1.64. The van der Waals surface area contributed by atoms with Gasteiger partial charge >= 0.3 is 0 Å². The van der Waals surface area contributed by atoms with E-state index < -0.39 is 0 Å². The van der Waals surface area contributed by atoms with Gasteiger partial charge in [-0.15, -0.1) is 0 Å². The van der Waals surface area contributed by atoms with Gasteiger partial charge in [-0.3, -0.25) is 4.79 Å². The molecule has 0 aliphatic carbocycles. The second-order valence-electron chi connectivity index (χ2n) is 5.73. The van der Waals surface area contributed by atoms with Gasteiger partial charge in [-0.1, -0.05) is 12.1 Å². The van der Waals surface area contributed by atoms with Gasteiger partial charge in [-0.25, -0.2) is 9.97 Å². The predicted octanol–water partition coefficient (Wildman–Crippen LogP) is 2.91. The van der Waals surface area contributed by atoms with Crippen molar-refractivity contribution in [2.75, 3.05) is 25.6 Å². The van der Waals surface area contributed by atoms with Crippen molar-refractivity contribution < 1.29 is 9.53 Å². The molecular formula is C18H24N4O2. The van der Waals surface area contributed by atoms with E-state index in [4.69, 9.17) is 4.74 Å². The molecule has 0 atom stereocenters. The summed E-state index contributed by atoms with van der Waals surface area (Å²) >= 11 is 0. The average Bonchev–Trinajstić information content (AvgIpc) is 2.54. The maximum absolute atomic E-state index is 12.2. The number of hydrogen-bond acceptors (Lipinski definition) is 5. The second-order valence-corrected chi connectivity index (χ2v) is 5.73. The minimum absolute atomic E-state index is 0.208. The number of aromatic nitrogens is 2. The highest BCUT2D eigenvalue weighted by molar-refractivity contribution is 5.93. The fourth-order valence-electron chi connectivity index (χ4n) is 2.27. The topological polar surface area (TPSA) is 76.1 Å². The first-order valence-corrected chi connectivity index (χ1v) is 7.96. The van der Waals surface area contributed by atoms with Crippen LogP contribution in [-0.2, 0) is 4.74 Å². The lowest BCUT2D eigenvalue weighted by Gasteiger charge is -2.11. The molecule has 1 aromatic heterocycles. The van der Waals surface area contributed by atoms with Crippen LogP contribution in [0.1, 0.15) is 33.9 Å². The van der Waals surface area contributed by atoms with Gasteiger partial charge in [0.1, 0.15) is 17.3 Å². The Morgan fingerprint density at radius 1 is 1.17 bits per heavy atom. The smallest absolute Gasteiger partial charge is 0.270 e. The zero-order chi connectivity index (χ0) is 17.5. The molecule has 2 aromatic rings. The van der Waals surface area contributed by atoms with Gasteiger partial charge in [0.05, 0.1) is 0 Å². The van der Waals surface area contributed by atoms with E-state index in [9.17, 15) is 4.79 Å². The number of carbonyl (C=O) groups excluding carboxylic acids is 1. The molecule has 0 saturated carbocycles. The quantitative estimate of drug-likeness (QED) is 0.764. The molecule has 6 nitrogen and oxygen atoms in total. The summed E-state index contributed by atoms with van der Waals surface area (Å²) in [4.78, 5) is 20.8. The Morgan fingerprint density at radius 2 is 1.96 bits per heavy atom. The molecule has 0 aliphatic heterocycles. The summed E-state index contributed by atoms with van der Waals surface area (Å²) in [5.74, 6) is 0.950. The van der Waals surface area contributed by atoms with Gasteiger partial charge in [0.2, 0.25) is 0 Å². The van der Waals surface area contributed by atoms with Crippen molar-refractivity contribution in [2.45, 2.75) is 27.2 Å². The van der Waals surface area contributed by atoms with Crippen molar-refractivity contribution in [1.82, 2.24) is 15.3 Å². The summed E-state index contributed by atoms with van der Waals surface area (Å²) < 4.78 is 4.97. The highest BCUT2D eigenvalue weighted by Gasteiger charge is 2.11. The van der Waals surface area contributed by atoms with Crippen LogP contribution in [-0.4, -0.2) is 36.1 Å². The van der Waals surface area contributed by atoms with Crippen LogP contribution in [0.25, 0.3) is 0 Å². The predicted molar refractivity (Wildman–Crippen MR) is 94.8 cm³/mol. The third kappa shape index (κ3) is 5.03. The lowest BCUT2D eigenvalue weighted by Crippen LogP contribution is -2.26. The van der Waals surface area contributed by atoms with E-state index >= 15 is 0 Å². The highest BCUT2D eigenvalue weighted by atomic mass is 16.5. The van der Waals surface area contributed by atoms with Crippen molar-refractivity contribution in [3.63, 3.8) is 0 Å². The van der Waals surface area contributed by atoms with E-state index in [1.807, 2.05) is 13.8 Å². The summed E-state index contributed by atoms with van der Waals surface area (Å²) in [5, 5.41) is 6.11. The first kappa shape index (κ1) is 17.9. The van der Waals surface area contributed by atoms with Gasteiger partial charge in [-0.05, 0) is 44.4 Å². The van der Waals surface area contributed by atoms with Gasteiger partial charge in [-0.2, -0.15) is 0 Å². The summed E-state index contributed by atoms with van der Waals surface area (Å²) in [5.41, 5.74) is 3.60. The Balaban J connectivity index is 2.13. The Labute approximate surface area is 142 Å². The molecule has 0 fully saturated rings. The number of amides is 1. The maximum Gasteiger partial charge on any atom is 0.270 e. The highest BCUT2D eigenvalue weighted by Crippen LogP contribution is 2.21. The molecule has 0 radical (unpaired) electrons. The van der Waals surface area contributed by atoms with Crippen LogP contribution >= 0.6 is 0 Å². The van der Waals surface area contributed by atoms with Crippen molar-refractivity contribution in [2.24, 2.45) is 0 Å². The van der Waals surface area contributed by atoms with Crippen molar-refractivity contribution in [3.05, 3.63) is 46.9 Å². The number of aryl methyl sites for hydroxylation is 3. The molecule has 6 heteroatoms. The minimum Gasteiger partial charge on any atom is -0.385 e. The largest absolute Gasteiger partial charge is 0.385 e. The van der Waals surface area contributed by atoms with Crippen LogP contribution in [0, 0.1) is 20.8 Å². The standard InChI is InChI=1S/C18H24N4O2/c1-12-6-7-13(2)15(10-12)22-17-11-16(20-14(3)21-17)18(23)19-8-5-9-24-4/h6-7,10-11H,5,8-9H2,1-4H3,(H,19,23)(H,20,21,22). The second kappa shape index (κ2) is 8.40. The van der Waals surface area contributed by atoms with Crippen LogP contribution in [0.3, 0.4) is 0 Å². The number of hydrogen-bond donors (Lipinski definition) is 2. The van der Waals surface area contributed by atoms with Gasteiger partial charge in [0.25, 0.3) is 5.91 Å². The van der Waals surface area contributed by atoms with Gasteiger partial charge in [0, 0.05) is 32.0 Å². The number of anilines is 2. The van der Waals surface area contributed by atoms with E-state index in [1.165, 1.54) is 0 Å². The molecule has 0 saturated heterocycles. The molecule has 2 rings (SSSR count). The normalized spacial score (nSPS) is 10.5. The first-order chi connectivity index (χ1) is 11.5. The molecular weight excluding hydrogens is 304 g/mol. The third-order valence-corrected chi connectivity index (χ3v) is 3.54. The number of nitrogens with zero attached hydrogens (tertiary/aromatic N) is 2. The Kier molecular flexibility index (Phi) is 6.26. The summed E-state index contributed by atoms with van der Waals surface area (Å²) in [6.45, 7) is 7.00. The van der Waals surface area contributed by atoms with E-state index in [2.05, 4.69) is 38.8 Å². The van der Waals surface area contributed by atoms with E-state index in [0.29, 0.717) is 30.5 Å². The lowest BCUT2D eigenvalue weighted by atomic mass is 10.1. The number of nitrogens with one attached hydrogen (secondary N) is 2. The summed E-state index contributed by atoms with van der Waals surface area (Å²) in [6, 6.07) is 7.83. The van der Waals surface area contributed by atoms with Crippen LogP contribution in [0.4, 0.5) is 11.5 Å². The monoisotopic (exact) mass is 328 g/mol. The fourth-order valence-corrected chi connectivity index (χ4v) is 2.27. The van der Waals surface area contributed by atoms with Crippen molar-refractivity contribution in [3.8, 4) is 0 Å². The van der Waals surface area contributed by atoms with Crippen LogP contribution in [0.15, 0.2) is 24.3 Å². The van der Waals surface area contributed by atoms with Crippen LogP contribution in [0.2, 0.25) is 0 Å². The number of benzene rings is 1. The van der Waals surface area contributed by atoms with Crippen molar-refractivity contribution in [1.29, 1.82) is 0 Å². The number of rotatable bonds is 7. The summed E-state index contributed by atoms with van der Waals surface area (Å²) in [6.07, 6.45) is 0.764. The van der Waals surface area contributed by atoms with Crippen LogP contribution < -0.4 is 10.6 Å². The molecule has 2 N–H and O–H groups in total. The molecule has 128 valence electrons. The molecule has 0 aliphatic rings. The molecule has 1 amide bonds. The molecule has 1 aromatic carbocycles. The fraction of sp³-hybridized carbons (Fsp3) is 0.389. The zero-order valence-electron chi connectivity index (χ0n) is 14.6. The number of methoxy groups -OCH3 is 1. The maximum atomic E-state index is 12.2. The molecule has 0 unspecified atom stereocenters. The van der Waals surface area contributed by atoms with Gasteiger partial charge < -0.3 is 15.4 Å². The number of ether oxygens (including phenoxy) is 1. The zero-order valence-corrected chi connectivity index (χ0v) is 14.6. The Hall–Kier alpha value is -2.47. The third-order valence-electron chi connectivity index (χ3n) is 3.54. The molecule has 0 bridgehead atoms. The number of carbonyl (C=O) groups is 1. The first-order valence-electron chi connectivity index (χ1n) is 7.96. The SMILES string of the molecule is COCCCNC(=O)c1cc(Nc2cc(C)ccc2C)nc(C)n1. The average molecular weight is 328 g/mol. The van der Waals surface area contributed by atoms with E-state index in [0.717, 1.165) is 23.2 Å².